The zero-order chi connectivity index (χ0) is 10.6. The van der Waals surface area contributed by atoms with Crippen molar-refractivity contribution in [1.82, 2.24) is 5.32 Å². The first kappa shape index (κ1) is 10.5. The van der Waals surface area contributed by atoms with Gasteiger partial charge in [-0.2, -0.15) is 0 Å². The predicted octanol–water partition coefficient (Wildman–Crippen LogP) is 0.742. The van der Waals surface area contributed by atoms with Gasteiger partial charge in [0.05, 0.1) is 5.56 Å². The van der Waals surface area contributed by atoms with E-state index < -0.39 is 11.7 Å². The fraction of sp³-hybridized carbons (Fsp3) is 0.222. The monoisotopic (exact) mass is 198 g/mol. The highest BCUT2D eigenvalue weighted by molar-refractivity contribution is 5.99. The molecule has 0 radical (unpaired) electrons. The number of rotatable bonds is 3. The zero-order valence-electron chi connectivity index (χ0n) is 7.71. The van der Waals surface area contributed by atoms with Crippen LogP contribution in [-0.2, 0) is 4.74 Å². The minimum atomic E-state index is -0.640. The van der Waals surface area contributed by atoms with Crippen LogP contribution < -0.4 is 11.1 Å². The molecule has 1 rings (SSSR count). The molecule has 0 aliphatic carbocycles. The van der Waals surface area contributed by atoms with Crippen LogP contribution in [0.4, 0.5) is 10.1 Å². The van der Waals surface area contributed by atoms with E-state index in [-0.39, 0.29) is 18.0 Å². The molecule has 0 saturated carbocycles. The average molecular weight is 198 g/mol. The second-order valence-electron chi connectivity index (χ2n) is 2.64. The molecule has 0 spiro atoms. The Morgan fingerprint density at radius 2 is 2.36 bits per heavy atom. The van der Waals surface area contributed by atoms with Gasteiger partial charge in [-0.05, 0) is 12.1 Å². The Labute approximate surface area is 80.9 Å². The summed E-state index contributed by atoms with van der Waals surface area (Å²) in [5, 5.41) is 2.35. The molecular formula is C9H11FN2O2. The first-order chi connectivity index (χ1) is 6.66. The number of amides is 1. The van der Waals surface area contributed by atoms with Gasteiger partial charge in [0.25, 0.3) is 5.91 Å². The molecule has 0 fully saturated rings. The Morgan fingerprint density at radius 3 is 2.93 bits per heavy atom. The molecule has 1 aromatic carbocycles. The van der Waals surface area contributed by atoms with Gasteiger partial charge >= 0.3 is 0 Å². The maximum Gasteiger partial charge on any atom is 0.258 e. The standard InChI is InChI=1S/C9H11FN2O2/c1-14-5-12-9(13)8-6(10)3-2-4-7(8)11/h2-4H,5,11H2,1H3,(H,12,13). The molecule has 0 saturated heterocycles. The first-order valence-electron chi connectivity index (χ1n) is 3.98. The normalized spacial score (nSPS) is 9.86. The molecule has 1 aromatic rings. The van der Waals surface area contributed by atoms with Gasteiger partial charge in [0.15, 0.2) is 0 Å². The lowest BCUT2D eigenvalue weighted by molar-refractivity contribution is 0.0869. The summed E-state index contributed by atoms with van der Waals surface area (Å²) in [6.07, 6.45) is 0. The number of benzene rings is 1. The topological polar surface area (TPSA) is 64.3 Å². The van der Waals surface area contributed by atoms with E-state index in [2.05, 4.69) is 10.1 Å². The first-order valence-corrected chi connectivity index (χ1v) is 3.98. The number of nitrogens with two attached hydrogens (primary N) is 1. The Hall–Kier alpha value is -1.62. The van der Waals surface area contributed by atoms with Gasteiger partial charge in [0.2, 0.25) is 0 Å². The fourth-order valence-electron chi connectivity index (χ4n) is 1.01. The number of methoxy groups -OCH3 is 1. The lowest BCUT2D eigenvalue weighted by Gasteiger charge is -2.06. The van der Waals surface area contributed by atoms with Gasteiger partial charge in [-0.3, -0.25) is 4.79 Å². The van der Waals surface area contributed by atoms with Crippen molar-refractivity contribution < 1.29 is 13.9 Å². The minimum absolute atomic E-state index is 0.0204. The Kier molecular flexibility index (Phi) is 3.41. The molecule has 0 aliphatic heterocycles. The van der Waals surface area contributed by atoms with Crippen molar-refractivity contribution in [2.45, 2.75) is 0 Å². The number of halogens is 1. The summed E-state index contributed by atoms with van der Waals surface area (Å²) in [5.74, 6) is -1.22. The van der Waals surface area contributed by atoms with Crippen LogP contribution in [-0.4, -0.2) is 19.7 Å². The molecule has 0 aliphatic rings. The van der Waals surface area contributed by atoms with Gasteiger partial charge in [-0.15, -0.1) is 0 Å². The van der Waals surface area contributed by atoms with Crippen LogP contribution in [0.15, 0.2) is 18.2 Å². The molecular weight excluding hydrogens is 187 g/mol. The quantitative estimate of drug-likeness (QED) is 0.556. The van der Waals surface area contributed by atoms with Gasteiger partial charge in [0, 0.05) is 12.8 Å². The number of nitrogen functional groups attached to an aromatic ring is 1. The summed E-state index contributed by atoms with van der Waals surface area (Å²) in [6, 6.07) is 4.08. The summed E-state index contributed by atoms with van der Waals surface area (Å²) >= 11 is 0. The van der Waals surface area contributed by atoms with Crippen molar-refractivity contribution in [3.63, 3.8) is 0 Å². The number of hydrogen-bond acceptors (Lipinski definition) is 3. The molecule has 0 unspecified atom stereocenters. The summed E-state index contributed by atoms with van der Waals surface area (Å²) in [6.45, 7) is 0.0204. The second-order valence-corrected chi connectivity index (χ2v) is 2.64. The summed E-state index contributed by atoms with van der Waals surface area (Å²) in [4.78, 5) is 11.3. The van der Waals surface area contributed by atoms with E-state index in [1.807, 2.05) is 0 Å². The molecule has 14 heavy (non-hydrogen) atoms. The van der Waals surface area contributed by atoms with Crippen LogP contribution in [0.1, 0.15) is 10.4 Å². The van der Waals surface area contributed by atoms with Gasteiger partial charge in [0.1, 0.15) is 12.5 Å². The SMILES string of the molecule is COCNC(=O)c1c(N)cccc1F. The maximum atomic E-state index is 13.1. The van der Waals surface area contributed by atoms with Gasteiger partial charge < -0.3 is 15.8 Å². The maximum absolute atomic E-state index is 13.1. The molecule has 3 N–H and O–H groups in total. The van der Waals surface area contributed by atoms with E-state index in [4.69, 9.17) is 5.73 Å². The Morgan fingerprint density at radius 1 is 1.64 bits per heavy atom. The van der Waals surface area contributed by atoms with E-state index in [1.54, 1.807) is 0 Å². The third-order valence-electron chi connectivity index (χ3n) is 1.65. The van der Waals surface area contributed by atoms with E-state index in [9.17, 15) is 9.18 Å². The smallest absolute Gasteiger partial charge is 0.258 e. The van der Waals surface area contributed by atoms with Crippen molar-refractivity contribution in [3.05, 3.63) is 29.6 Å². The lowest BCUT2D eigenvalue weighted by Crippen LogP contribution is -2.27. The van der Waals surface area contributed by atoms with E-state index in [0.717, 1.165) is 0 Å². The van der Waals surface area contributed by atoms with Crippen LogP contribution in [0.3, 0.4) is 0 Å². The van der Waals surface area contributed by atoms with Gasteiger partial charge in [-0.25, -0.2) is 4.39 Å². The van der Waals surface area contributed by atoms with Crippen LogP contribution in [0.2, 0.25) is 0 Å². The number of carbonyl (C=O) groups is 1. The largest absolute Gasteiger partial charge is 0.398 e. The molecule has 0 bridgehead atoms. The van der Waals surface area contributed by atoms with E-state index in [0.29, 0.717) is 0 Å². The van der Waals surface area contributed by atoms with Gasteiger partial charge in [-0.1, -0.05) is 6.07 Å². The van der Waals surface area contributed by atoms with Crippen LogP contribution in [0.5, 0.6) is 0 Å². The Balaban J connectivity index is 2.89. The highest BCUT2D eigenvalue weighted by Crippen LogP contribution is 2.14. The highest BCUT2D eigenvalue weighted by atomic mass is 19.1. The number of carbonyl (C=O) groups excluding carboxylic acids is 1. The second kappa shape index (κ2) is 4.57. The fourth-order valence-corrected chi connectivity index (χ4v) is 1.01. The van der Waals surface area contributed by atoms with Crippen molar-refractivity contribution in [1.29, 1.82) is 0 Å². The van der Waals surface area contributed by atoms with E-state index in [1.165, 1.54) is 25.3 Å². The van der Waals surface area contributed by atoms with Crippen LogP contribution in [0.25, 0.3) is 0 Å². The average Bonchev–Trinajstić information content (AvgIpc) is 2.14. The number of hydrogen-bond donors (Lipinski definition) is 2. The highest BCUT2D eigenvalue weighted by Gasteiger charge is 2.13. The van der Waals surface area contributed by atoms with E-state index >= 15 is 0 Å². The minimum Gasteiger partial charge on any atom is -0.398 e. The Bertz CT molecular complexity index is 321. The van der Waals surface area contributed by atoms with Crippen molar-refractivity contribution in [2.75, 3.05) is 19.6 Å². The third-order valence-corrected chi connectivity index (χ3v) is 1.65. The number of anilines is 1. The van der Waals surface area contributed by atoms with Crippen molar-refractivity contribution >= 4 is 11.6 Å². The number of nitrogens with one attached hydrogen (secondary N) is 1. The molecule has 0 atom stereocenters. The zero-order valence-corrected chi connectivity index (χ0v) is 7.71. The molecule has 0 aromatic heterocycles. The van der Waals surface area contributed by atoms with Crippen molar-refractivity contribution in [2.24, 2.45) is 0 Å². The lowest BCUT2D eigenvalue weighted by atomic mass is 10.1. The summed E-state index contributed by atoms with van der Waals surface area (Å²) in [7, 11) is 1.42. The van der Waals surface area contributed by atoms with Crippen molar-refractivity contribution in [3.8, 4) is 0 Å². The molecule has 0 heterocycles. The molecule has 5 heteroatoms. The molecule has 76 valence electrons. The summed E-state index contributed by atoms with van der Waals surface area (Å²) < 4.78 is 17.8. The number of ether oxygens (including phenoxy) is 1. The molecule has 1 amide bonds. The molecule has 4 nitrogen and oxygen atoms in total. The van der Waals surface area contributed by atoms with Crippen LogP contribution in [0, 0.1) is 5.82 Å². The third kappa shape index (κ3) is 2.20. The predicted molar refractivity (Wildman–Crippen MR) is 50.2 cm³/mol. The van der Waals surface area contributed by atoms with Crippen LogP contribution >= 0.6 is 0 Å². The summed E-state index contributed by atoms with van der Waals surface area (Å²) in [5.41, 5.74) is 5.41.